The van der Waals surface area contributed by atoms with Crippen LogP contribution in [0.25, 0.3) is 0 Å². The average Bonchev–Trinajstić information content (AvgIpc) is 3.25. The van der Waals surface area contributed by atoms with E-state index in [1.807, 2.05) is 25.3 Å². The molecule has 0 bridgehead atoms. The normalized spacial score (nSPS) is 25.1. The number of benzene rings is 2. The summed E-state index contributed by atoms with van der Waals surface area (Å²) >= 11 is 6.51. The van der Waals surface area contributed by atoms with Crippen LogP contribution in [0, 0.1) is 17.3 Å². The van der Waals surface area contributed by atoms with Crippen LogP contribution in [0.15, 0.2) is 48.6 Å². The summed E-state index contributed by atoms with van der Waals surface area (Å²) < 4.78 is 41.0. The first-order chi connectivity index (χ1) is 25.6. The fourth-order valence-electron chi connectivity index (χ4n) is 9.30. The molecule has 4 aliphatic rings. The van der Waals surface area contributed by atoms with Crippen LogP contribution < -0.4 is 14.4 Å². The fourth-order valence-corrected chi connectivity index (χ4v) is 10.1. The molecule has 9 nitrogen and oxygen atoms in total. The Morgan fingerprint density at radius 2 is 1.80 bits per heavy atom. The van der Waals surface area contributed by atoms with Gasteiger partial charge in [-0.3, -0.25) is 9.69 Å². The number of rotatable bonds is 12. The Morgan fingerprint density at radius 1 is 1.07 bits per heavy atom. The molecule has 2 heterocycles. The number of methoxy groups -OCH3 is 1. The van der Waals surface area contributed by atoms with Crippen molar-refractivity contribution in [2.45, 2.75) is 96.3 Å². The van der Waals surface area contributed by atoms with Gasteiger partial charge in [-0.1, -0.05) is 57.5 Å². The Bertz CT molecular complexity index is 1790. The van der Waals surface area contributed by atoms with E-state index in [0.717, 1.165) is 95.0 Å². The summed E-state index contributed by atoms with van der Waals surface area (Å²) in [6.07, 6.45) is 10.7. The van der Waals surface area contributed by atoms with E-state index in [4.69, 9.17) is 21.1 Å². The van der Waals surface area contributed by atoms with Gasteiger partial charge in [0.25, 0.3) is 5.91 Å². The molecule has 0 aromatic heterocycles. The zero-order valence-corrected chi connectivity index (χ0v) is 35.2. The number of nitrogens with zero attached hydrogens (tertiary/aromatic N) is 3. The molecule has 2 aromatic rings. The van der Waals surface area contributed by atoms with Crippen molar-refractivity contribution in [3.8, 4) is 5.75 Å². The molecule has 6 rings (SSSR count). The van der Waals surface area contributed by atoms with Gasteiger partial charge in [-0.2, -0.15) is 0 Å². The van der Waals surface area contributed by atoms with Crippen LogP contribution in [0.3, 0.4) is 0 Å². The number of carbonyl (C=O) groups excluding carboxylic acids is 1. The number of aryl methyl sites for hydroxylation is 1. The number of ether oxygens (including phenoxy) is 2. The van der Waals surface area contributed by atoms with Crippen molar-refractivity contribution in [3.05, 3.63) is 70.3 Å². The maximum atomic E-state index is 13.4. The Labute approximate surface area is 329 Å². The number of hydrogen-bond donors (Lipinski definition) is 1. The number of amides is 1. The van der Waals surface area contributed by atoms with Crippen LogP contribution in [0.5, 0.6) is 5.75 Å². The van der Waals surface area contributed by atoms with Crippen molar-refractivity contribution in [1.29, 1.82) is 0 Å². The third-order valence-electron chi connectivity index (χ3n) is 12.3. The van der Waals surface area contributed by atoms with Crippen molar-refractivity contribution in [1.82, 2.24) is 14.5 Å². The summed E-state index contributed by atoms with van der Waals surface area (Å²) in [7, 11) is -1.92. The minimum absolute atomic E-state index is 0.271. The second kappa shape index (κ2) is 16.5. The van der Waals surface area contributed by atoms with Crippen LogP contribution in [-0.2, 0) is 26.6 Å². The second-order valence-electron chi connectivity index (χ2n) is 17.8. The van der Waals surface area contributed by atoms with Gasteiger partial charge in [0.2, 0.25) is 10.0 Å². The topological polar surface area (TPSA) is 91.4 Å². The molecule has 2 aliphatic heterocycles. The molecule has 1 amide bonds. The number of anilines is 1. The van der Waals surface area contributed by atoms with E-state index >= 15 is 0 Å². The minimum atomic E-state index is -3.80. The summed E-state index contributed by atoms with van der Waals surface area (Å²) in [6.45, 7) is 20.4. The molecular weight excluding hydrogens is 720 g/mol. The molecule has 1 saturated heterocycles. The molecule has 2 fully saturated rings. The first kappa shape index (κ1) is 41.0. The molecule has 4 atom stereocenters. The number of hydrogen-bond acceptors (Lipinski definition) is 8. The Morgan fingerprint density at radius 3 is 2.43 bits per heavy atom. The lowest BCUT2D eigenvalue weighted by molar-refractivity contribution is -0.0959. The van der Waals surface area contributed by atoms with Crippen LogP contribution >= 0.6 is 11.6 Å². The van der Waals surface area contributed by atoms with Crippen molar-refractivity contribution in [3.63, 3.8) is 0 Å². The highest BCUT2D eigenvalue weighted by Gasteiger charge is 2.50. The zero-order chi connectivity index (χ0) is 38.9. The number of carbonyl (C=O) groups is 1. The number of nitrogens with one attached hydrogen (secondary N) is 1. The van der Waals surface area contributed by atoms with E-state index in [1.54, 1.807) is 19.9 Å². The van der Waals surface area contributed by atoms with E-state index in [9.17, 15) is 13.2 Å². The SMILES string of the molecule is CC/C=C/[C@@](CN1CCN(CC(C)(C)C)CC1)(OC)[C@@H]1CC[C@H]1CN1C[C@@]2(CCCc3cc(Cl)ccc32)COc2ccc(C(=O)NS(=O)(=O)C(C)C)cc21. The fraction of sp³-hybridized carbons (Fsp3) is 0.651. The smallest absolute Gasteiger partial charge is 0.264 e. The van der Waals surface area contributed by atoms with Crippen LogP contribution in [0.4, 0.5) is 5.69 Å². The molecule has 1 spiro atoms. The van der Waals surface area contributed by atoms with Gasteiger partial charge < -0.3 is 19.3 Å². The van der Waals surface area contributed by atoms with Crippen molar-refractivity contribution >= 4 is 33.2 Å². The summed E-state index contributed by atoms with van der Waals surface area (Å²) in [5, 5.41) is 0.0176. The lowest BCUT2D eigenvalue weighted by Crippen LogP contribution is -2.59. The van der Waals surface area contributed by atoms with Gasteiger partial charge in [0.1, 0.15) is 11.4 Å². The Hall–Kier alpha value is -2.63. The molecule has 2 aromatic carbocycles. The third-order valence-corrected chi connectivity index (χ3v) is 14.3. The maximum absolute atomic E-state index is 13.4. The molecule has 298 valence electrons. The van der Waals surface area contributed by atoms with Gasteiger partial charge in [0.15, 0.2) is 0 Å². The van der Waals surface area contributed by atoms with Crippen LogP contribution in [-0.4, -0.2) is 101 Å². The largest absolute Gasteiger partial charge is 0.490 e. The van der Waals surface area contributed by atoms with Crippen molar-refractivity contribution in [2.24, 2.45) is 17.3 Å². The van der Waals surface area contributed by atoms with E-state index in [-0.39, 0.29) is 10.8 Å². The highest BCUT2D eigenvalue weighted by Crippen LogP contribution is 2.49. The monoisotopic (exact) mass is 782 g/mol. The molecule has 0 unspecified atom stereocenters. The average molecular weight is 784 g/mol. The molecule has 1 saturated carbocycles. The third kappa shape index (κ3) is 8.99. The molecule has 54 heavy (non-hydrogen) atoms. The predicted octanol–water partition coefficient (Wildman–Crippen LogP) is 7.32. The van der Waals surface area contributed by atoms with Crippen LogP contribution in [0.2, 0.25) is 5.02 Å². The van der Waals surface area contributed by atoms with Gasteiger partial charge in [-0.15, -0.1) is 0 Å². The number of fused-ring (bicyclic) bond motifs is 3. The first-order valence-corrected chi connectivity index (χ1v) is 22.0. The van der Waals surface area contributed by atoms with E-state index in [2.05, 4.69) is 71.4 Å². The zero-order valence-electron chi connectivity index (χ0n) is 33.6. The minimum Gasteiger partial charge on any atom is -0.490 e. The van der Waals surface area contributed by atoms with Crippen LogP contribution in [0.1, 0.15) is 95.1 Å². The molecule has 2 aliphatic carbocycles. The van der Waals surface area contributed by atoms with Gasteiger partial charge >= 0.3 is 0 Å². The van der Waals surface area contributed by atoms with Gasteiger partial charge in [-0.05, 0) is 111 Å². The van der Waals surface area contributed by atoms with Gasteiger partial charge in [-0.25, -0.2) is 13.1 Å². The highest BCUT2D eigenvalue weighted by atomic mass is 35.5. The Balaban J connectivity index is 1.31. The maximum Gasteiger partial charge on any atom is 0.264 e. The van der Waals surface area contributed by atoms with E-state index < -0.39 is 26.8 Å². The summed E-state index contributed by atoms with van der Waals surface area (Å²) in [6, 6.07) is 11.6. The summed E-state index contributed by atoms with van der Waals surface area (Å²) in [5.74, 6) is 0.727. The number of piperazine rings is 1. The second-order valence-corrected chi connectivity index (χ2v) is 20.5. The quantitative estimate of drug-likeness (QED) is 0.224. The van der Waals surface area contributed by atoms with Crippen molar-refractivity contribution in [2.75, 3.05) is 71.0 Å². The van der Waals surface area contributed by atoms with E-state index in [1.165, 1.54) is 11.1 Å². The number of halogens is 1. The summed E-state index contributed by atoms with van der Waals surface area (Å²) in [4.78, 5) is 21.1. The Kier molecular flexibility index (Phi) is 12.5. The number of sulfonamides is 1. The van der Waals surface area contributed by atoms with Gasteiger partial charge in [0, 0.05) is 75.5 Å². The lowest BCUT2D eigenvalue weighted by atomic mass is 9.63. The van der Waals surface area contributed by atoms with E-state index in [0.29, 0.717) is 36.3 Å². The first-order valence-electron chi connectivity index (χ1n) is 20.1. The molecule has 0 radical (unpaired) electrons. The number of allylic oxidation sites excluding steroid dienone is 1. The predicted molar refractivity (Wildman–Crippen MR) is 219 cm³/mol. The van der Waals surface area contributed by atoms with Gasteiger partial charge in [0.05, 0.1) is 17.5 Å². The standard InChI is InChI=1S/C43H63ClN4O5S/c1-8-9-19-43(52-7,29-47-22-20-46(21-23-47)27-41(4,5)6)37-15-12-34(37)26-48-28-42(18-10-11-32-24-35(44)14-16-36(32)42)30-53-39-17-13-33(25-38(39)48)40(49)45-54(50,51)31(2)3/h9,13-14,16-17,19,24-25,31,34,37H,8,10-12,15,18,20-23,26-30H2,1-7H3,(H,45,49)/b19-9+/t34-,37+,42-,43-/m0/s1. The molecular formula is C43H63ClN4O5S. The lowest BCUT2D eigenvalue weighted by Gasteiger charge is -2.52. The molecule has 1 N–H and O–H groups in total. The molecule has 11 heteroatoms. The highest BCUT2D eigenvalue weighted by molar-refractivity contribution is 7.90. The van der Waals surface area contributed by atoms with Crippen molar-refractivity contribution < 1.29 is 22.7 Å². The summed E-state index contributed by atoms with van der Waals surface area (Å²) in [5.41, 5.74) is 3.27.